The van der Waals surface area contributed by atoms with E-state index in [2.05, 4.69) is 15.5 Å². The van der Waals surface area contributed by atoms with E-state index in [-0.39, 0.29) is 5.91 Å². The number of carbonyl (C=O) groups excluding carboxylic acids is 1. The zero-order valence-corrected chi connectivity index (χ0v) is 12.7. The van der Waals surface area contributed by atoms with Gasteiger partial charge in [0.15, 0.2) is 5.82 Å². The number of hydrogen-bond donors (Lipinski definition) is 1. The maximum absolute atomic E-state index is 11.8. The zero-order valence-electron chi connectivity index (χ0n) is 11.9. The quantitative estimate of drug-likeness (QED) is 0.760. The molecule has 5 nitrogen and oxygen atoms in total. The average Bonchev–Trinajstić information content (AvgIpc) is 3.20. The van der Waals surface area contributed by atoms with Crippen LogP contribution in [0.3, 0.4) is 0 Å². The van der Waals surface area contributed by atoms with Crippen LogP contribution in [-0.4, -0.2) is 22.6 Å². The molecule has 0 bridgehead atoms. The van der Waals surface area contributed by atoms with E-state index in [1.807, 2.05) is 47.2 Å². The number of aromatic nitrogens is 2. The molecule has 2 aromatic heterocycles. The lowest BCUT2D eigenvalue weighted by Crippen LogP contribution is -2.27. The number of benzene rings is 1. The van der Waals surface area contributed by atoms with Crippen LogP contribution in [0.15, 0.2) is 51.7 Å². The van der Waals surface area contributed by atoms with Gasteiger partial charge in [0.2, 0.25) is 5.91 Å². The van der Waals surface area contributed by atoms with Crippen LogP contribution < -0.4 is 5.32 Å². The molecule has 0 aliphatic carbocycles. The van der Waals surface area contributed by atoms with E-state index in [0.29, 0.717) is 31.1 Å². The fraction of sp³-hybridized carbons (Fsp3) is 0.188. The van der Waals surface area contributed by atoms with Gasteiger partial charge in [-0.05, 0) is 34.5 Å². The van der Waals surface area contributed by atoms with E-state index >= 15 is 0 Å². The molecule has 1 aromatic carbocycles. The Kier molecular flexibility index (Phi) is 4.60. The molecule has 0 aliphatic rings. The van der Waals surface area contributed by atoms with E-state index in [1.54, 1.807) is 11.3 Å². The highest BCUT2D eigenvalue weighted by Gasteiger charge is 2.09. The predicted molar refractivity (Wildman–Crippen MR) is 84.5 cm³/mol. The Bertz CT molecular complexity index is 723. The third-order valence-corrected chi connectivity index (χ3v) is 3.84. The van der Waals surface area contributed by atoms with Gasteiger partial charge >= 0.3 is 0 Å². The topological polar surface area (TPSA) is 68.0 Å². The molecule has 1 amide bonds. The molecule has 112 valence electrons. The lowest BCUT2D eigenvalue weighted by molar-refractivity contribution is -0.120. The lowest BCUT2D eigenvalue weighted by atomic mass is 10.2. The Morgan fingerprint density at radius 1 is 1.23 bits per heavy atom. The summed E-state index contributed by atoms with van der Waals surface area (Å²) in [5.74, 6) is 1.10. The van der Waals surface area contributed by atoms with Gasteiger partial charge in [-0.15, -0.1) is 0 Å². The van der Waals surface area contributed by atoms with Crippen molar-refractivity contribution in [3.8, 4) is 11.5 Å². The molecule has 6 heteroatoms. The number of nitrogens with one attached hydrogen (secondary N) is 1. The van der Waals surface area contributed by atoms with E-state index in [0.717, 1.165) is 11.1 Å². The minimum atomic E-state index is 0.00479. The Morgan fingerprint density at radius 3 is 2.86 bits per heavy atom. The molecule has 3 rings (SSSR count). The fourth-order valence-corrected chi connectivity index (χ4v) is 2.68. The van der Waals surface area contributed by atoms with E-state index in [1.165, 1.54) is 0 Å². The van der Waals surface area contributed by atoms with Crippen molar-refractivity contribution in [2.45, 2.75) is 12.8 Å². The summed E-state index contributed by atoms with van der Waals surface area (Å²) >= 11 is 1.59. The number of thiophene rings is 1. The summed E-state index contributed by atoms with van der Waals surface area (Å²) in [5.41, 5.74) is 1.93. The third-order valence-electron chi connectivity index (χ3n) is 3.10. The fourth-order valence-electron chi connectivity index (χ4n) is 2.01. The van der Waals surface area contributed by atoms with Crippen molar-refractivity contribution in [2.24, 2.45) is 0 Å². The monoisotopic (exact) mass is 313 g/mol. The van der Waals surface area contributed by atoms with Crippen LogP contribution in [0.5, 0.6) is 0 Å². The van der Waals surface area contributed by atoms with Gasteiger partial charge in [-0.25, -0.2) is 0 Å². The highest BCUT2D eigenvalue weighted by Crippen LogP contribution is 2.16. The van der Waals surface area contributed by atoms with Crippen LogP contribution in [0.4, 0.5) is 0 Å². The third kappa shape index (κ3) is 3.79. The molecule has 22 heavy (non-hydrogen) atoms. The van der Waals surface area contributed by atoms with Crippen molar-refractivity contribution >= 4 is 17.2 Å². The van der Waals surface area contributed by atoms with Gasteiger partial charge in [0.05, 0.1) is 6.42 Å². The second kappa shape index (κ2) is 7.00. The summed E-state index contributed by atoms with van der Waals surface area (Å²) < 4.78 is 5.22. The van der Waals surface area contributed by atoms with Crippen molar-refractivity contribution in [3.05, 3.63) is 58.5 Å². The SMILES string of the molecule is O=C(Cc1ccsc1)NCCc1noc(-c2ccccc2)n1. The van der Waals surface area contributed by atoms with Gasteiger partial charge in [0.1, 0.15) is 0 Å². The standard InChI is InChI=1S/C16H15N3O2S/c20-15(10-12-7-9-22-11-12)17-8-6-14-18-16(21-19-14)13-4-2-1-3-5-13/h1-5,7,9,11H,6,8,10H2,(H,17,20). The first-order valence-electron chi connectivity index (χ1n) is 6.97. The van der Waals surface area contributed by atoms with Crippen LogP contribution >= 0.6 is 11.3 Å². The Labute approximate surface area is 132 Å². The van der Waals surface area contributed by atoms with E-state index < -0.39 is 0 Å². The van der Waals surface area contributed by atoms with Crippen LogP contribution in [0.25, 0.3) is 11.5 Å². The Morgan fingerprint density at radius 2 is 2.09 bits per heavy atom. The van der Waals surface area contributed by atoms with E-state index in [9.17, 15) is 4.79 Å². The number of amides is 1. The van der Waals surface area contributed by atoms with Crippen LogP contribution in [0.1, 0.15) is 11.4 Å². The zero-order chi connectivity index (χ0) is 15.2. The molecule has 1 N–H and O–H groups in total. The molecule has 0 atom stereocenters. The average molecular weight is 313 g/mol. The molecule has 0 unspecified atom stereocenters. The molecule has 0 spiro atoms. The summed E-state index contributed by atoms with van der Waals surface area (Å²) in [6.07, 6.45) is 0.955. The predicted octanol–water partition coefficient (Wildman–Crippen LogP) is 2.70. The van der Waals surface area contributed by atoms with Gasteiger partial charge in [-0.3, -0.25) is 4.79 Å². The molecular weight excluding hydrogens is 298 g/mol. The summed E-state index contributed by atoms with van der Waals surface area (Å²) in [7, 11) is 0. The first-order chi connectivity index (χ1) is 10.8. The van der Waals surface area contributed by atoms with E-state index in [4.69, 9.17) is 4.52 Å². The molecule has 0 saturated carbocycles. The number of rotatable bonds is 6. The van der Waals surface area contributed by atoms with Crippen LogP contribution in [-0.2, 0) is 17.6 Å². The van der Waals surface area contributed by atoms with Gasteiger partial charge in [0.25, 0.3) is 5.89 Å². The molecule has 0 fully saturated rings. The Balaban J connectivity index is 1.48. The highest BCUT2D eigenvalue weighted by atomic mass is 32.1. The molecular formula is C16H15N3O2S. The molecule has 0 aliphatic heterocycles. The van der Waals surface area contributed by atoms with Crippen molar-refractivity contribution in [3.63, 3.8) is 0 Å². The number of carbonyl (C=O) groups is 1. The van der Waals surface area contributed by atoms with Gasteiger partial charge in [0, 0.05) is 18.5 Å². The molecule has 2 heterocycles. The maximum atomic E-state index is 11.8. The first-order valence-corrected chi connectivity index (χ1v) is 7.91. The maximum Gasteiger partial charge on any atom is 0.257 e. The summed E-state index contributed by atoms with van der Waals surface area (Å²) in [4.78, 5) is 16.1. The largest absolute Gasteiger partial charge is 0.355 e. The minimum Gasteiger partial charge on any atom is -0.355 e. The molecule has 0 saturated heterocycles. The normalized spacial score (nSPS) is 10.5. The number of nitrogens with zero attached hydrogens (tertiary/aromatic N) is 2. The van der Waals surface area contributed by atoms with Gasteiger partial charge in [-0.1, -0.05) is 23.4 Å². The summed E-state index contributed by atoms with van der Waals surface area (Å²) in [6.45, 7) is 0.497. The number of hydrogen-bond acceptors (Lipinski definition) is 5. The molecule has 3 aromatic rings. The van der Waals surface area contributed by atoms with Crippen molar-refractivity contribution in [2.75, 3.05) is 6.54 Å². The minimum absolute atomic E-state index is 0.00479. The summed E-state index contributed by atoms with van der Waals surface area (Å²) in [6, 6.07) is 11.6. The highest BCUT2D eigenvalue weighted by molar-refractivity contribution is 7.07. The Hall–Kier alpha value is -2.47. The lowest BCUT2D eigenvalue weighted by Gasteiger charge is -2.01. The van der Waals surface area contributed by atoms with Crippen LogP contribution in [0.2, 0.25) is 0 Å². The van der Waals surface area contributed by atoms with Gasteiger partial charge < -0.3 is 9.84 Å². The second-order valence-corrected chi connectivity index (χ2v) is 5.57. The van der Waals surface area contributed by atoms with Crippen molar-refractivity contribution < 1.29 is 9.32 Å². The van der Waals surface area contributed by atoms with Crippen LogP contribution in [0, 0.1) is 0 Å². The van der Waals surface area contributed by atoms with Gasteiger partial charge in [-0.2, -0.15) is 16.3 Å². The smallest absolute Gasteiger partial charge is 0.257 e. The second-order valence-electron chi connectivity index (χ2n) is 4.79. The van der Waals surface area contributed by atoms with Crippen molar-refractivity contribution in [1.82, 2.24) is 15.5 Å². The first kappa shape index (κ1) is 14.5. The van der Waals surface area contributed by atoms with Crippen molar-refractivity contribution in [1.29, 1.82) is 0 Å². The molecule has 0 radical (unpaired) electrons. The summed E-state index contributed by atoms with van der Waals surface area (Å²) in [5, 5.41) is 10.7.